The molecule has 22 heteroatoms. The summed E-state index contributed by atoms with van der Waals surface area (Å²) in [6, 6.07) is 15.2. The summed E-state index contributed by atoms with van der Waals surface area (Å²) in [7, 11) is 0. The van der Waals surface area contributed by atoms with Crippen LogP contribution in [-0.4, -0.2) is 118 Å². The Morgan fingerprint density at radius 2 is 1.68 bits per heavy atom. The Labute approximate surface area is 413 Å². The van der Waals surface area contributed by atoms with Crippen LogP contribution in [0.25, 0.3) is 22.3 Å². The van der Waals surface area contributed by atoms with Gasteiger partial charge in [-0.25, -0.2) is 9.78 Å². The van der Waals surface area contributed by atoms with Crippen molar-refractivity contribution in [3.8, 4) is 17.1 Å². The molecule has 378 valence electrons. The van der Waals surface area contributed by atoms with Gasteiger partial charge in [-0.05, 0) is 67.5 Å². The van der Waals surface area contributed by atoms with Crippen LogP contribution in [-0.2, 0) is 69.8 Å². The van der Waals surface area contributed by atoms with Crippen LogP contribution in [0.2, 0.25) is 0 Å². The fraction of sp³-hybridized carbons (Fsp3) is 0.380. The van der Waals surface area contributed by atoms with Crippen LogP contribution >= 0.6 is 0 Å². The maximum absolute atomic E-state index is 13.7. The first-order valence-electron chi connectivity index (χ1n) is 23.5. The minimum atomic E-state index is -1.94. The van der Waals surface area contributed by atoms with Gasteiger partial charge in [-0.2, -0.15) is 0 Å². The lowest BCUT2D eigenvalue weighted by Crippen LogP contribution is -2.47. The van der Waals surface area contributed by atoms with E-state index in [9.17, 15) is 38.7 Å². The smallest absolute Gasteiger partial charge is 0.343 e. The molecule has 2 atom stereocenters. The number of pyridine rings is 2. The van der Waals surface area contributed by atoms with Crippen molar-refractivity contribution in [1.82, 2.24) is 30.4 Å². The number of cyclic esters (lactones) is 1. The number of fused-ring (bicyclic) bond motifs is 5. The van der Waals surface area contributed by atoms with Crippen molar-refractivity contribution < 1.29 is 48.1 Å². The van der Waals surface area contributed by atoms with Crippen molar-refractivity contribution in [2.24, 2.45) is 21.5 Å². The van der Waals surface area contributed by atoms with Crippen molar-refractivity contribution in [3.63, 3.8) is 0 Å². The van der Waals surface area contributed by atoms with E-state index in [1.165, 1.54) is 12.2 Å². The molecule has 22 nitrogen and oxygen atoms in total. The summed E-state index contributed by atoms with van der Waals surface area (Å²) in [5.74, 6) is -2.71. The predicted molar refractivity (Wildman–Crippen MR) is 264 cm³/mol. The summed E-state index contributed by atoms with van der Waals surface area (Å²) in [6.45, 7) is 2.53. The van der Waals surface area contributed by atoms with Gasteiger partial charge in [-0.1, -0.05) is 50.6 Å². The van der Waals surface area contributed by atoms with E-state index in [-0.39, 0.29) is 117 Å². The third-order valence-corrected chi connectivity index (χ3v) is 12.4. The zero-order valence-electron chi connectivity index (χ0n) is 40.0. The number of aromatic nitrogens is 2. The van der Waals surface area contributed by atoms with E-state index in [0.717, 1.165) is 27.0 Å². The van der Waals surface area contributed by atoms with Crippen LogP contribution < -0.4 is 37.7 Å². The molecular weight excluding hydrogens is 931 g/mol. The molecule has 7 rings (SSSR count). The number of rotatable bonds is 23. The lowest BCUT2D eigenvalue weighted by atomic mass is 9.86. The second-order valence-corrected chi connectivity index (χ2v) is 17.3. The number of nitrogens with two attached hydrogens (primary N) is 2. The second-order valence-electron chi connectivity index (χ2n) is 17.3. The maximum atomic E-state index is 13.7. The molecule has 0 saturated carbocycles. The molecule has 2 aromatic carbocycles. The number of nitrogens with zero attached hydrogens (tertiary/aromatic N) is 5. The van der Waals surface area contributed by atoms with Crippen molar-refractivity contribution in [1.29, 1.82) is 5.41 Å². The number of amidine groups is 2. The van der Waals surface area contributed by atoms with E-state index in [1.54, 1.807) is 35.8 Å². The fourth-order valence-electron chi connectivity index (χ4n) is 8.59. The van der Waals surface area contributed by atoms with Crippen molar-refractivity contribution in [2.45, 2.75) is 83.6 Å². The number of aryl methyl sites for hydroxylation is 1. The van der Waals surface area contributed by atoms with Gasteiger partial charge in [0.05, 0.1) is 41.6 Å². The van der Waals surface area contributed by atoms with Gasteiger partial charge in [0, 0.05) is 41.6 Å². The highest BCUT2D eigenvalue weighted by molar-refractivity contribution is 6.12. The highest BCUT2D eigenvalue weighted by Crippen LogP contribution is 2.41. The molecular formula is C50H57N11O11. The van der Waals surface area contributed by atoms with Gasteiger partial charge >= 0.3 is 5.97 Å². The molecule has 72 heavy (non-hydrogen) atoms. The van der Waals surface area contributed by atoms with Gasteiger partial charge < -0.3 is 51.3 Å². The standard InChI is InChI=1S/C50H57N11O11/c1-3-31-32-20-30(14-15-36(32)59-46-33(31)25-61-38(46)21-35-34(48(61)67)26-71-49(68)50(35,69)4-2)72-40(52)27-70-28-57-42(63)23-56-47(53)37(19-29-11-7-5-8-12-29)58-43(64)24-54-39(51)22-55-41(62)13-9-6-10-18-60-44(65)16-17-45(60)66/h5,7-8,11-12,14-17,20-21,37,52,69H,3-4,6,9-10,13,18-19,22-28H2,1-2H3,(H2,51,54)(H2,53,56)(H,55,62)(H,57,63)(H,58,64)/t37-,50-/m0/s1. The SMILES string of the molecule is CCc1c2c(nc3ccc(OC(=N)COCNC(=O)CN=C(N)[C@H](Cc4ccccc4)NC(=O)CN=C(N)CNC(=O)CCCCCN4C(=O)C=CC4=O)cc13)-c1cc3c(c(=O)n1C2)COC(=O)[C@]3(O)CC. The number of imide groups is 1. The zero-order valence-corrected chi connectivity index (χ0v) is 40.0. The highest BCUT2D eigenvalue weighted by atomic mass is 16.6. The number of benzene rings is 2. The minimum Gasteiger partial charge on any atom is -0.458 e. The lowest BCUT2D eigenvalue weighted by molar-refractivity contribution is -0.172. The Balaban J connectivity index is 0.861. The van der Waals surface area contributed by atoms with E-state index >= 15 is 0 Å². The Morgan fingerprint density at radius 3 is 2.42 bits per heavy atom. The summed E-state index contributed by atoms with van der Waals surface area (Å²) >= 11 is 0. The van der Waals surface area contributed by atoms with Gasteiger partial charge in [0.25, 0.3) is 17.4 Å². The number of amides is 5. The topological polar surface area (TPSA) is 325 Å². The molecule has 0 bridgehead atoms. The van der Waals surface area contributed by atoms with Crippen LogP contribution in [0.4, 0.5) is 0 Å². The minimum absolute atomic E-state index is 0.0191. The van der Waals surface area contributed by atoms with Gasteiger partial charge in [-0.15, -0.1) is 0 Å². The first-order valence-corrected chi connectivity index (χ1v) is 23.5. The highest BCUT2D eigenvalue weighted by Gasteiger charge is 2.45. The Hall–Kier alpha value is -8.11. The van der Waals surface area contributed by atoms with Crippen LogP contribution in [0.3, 0.4) is 0 Å². The van der Waals surface area contributed by atoms with E-state index in [2.05, 4.69) is 25.9 Å². The molecule has 3 aliphatic heterocycles. The Morgan fingerprint density at radius 1 is 0.931 bits per heavy atom. The summed E-state index contributed by atoms with van der Waals surface area (Å²) in [5.41, 5.74) is 14.7. The predicted octanol–water partition coefficient (Wildman–Crippen LogP) is 1.13. The van der Waals surface area contributed by atoms with Gasteiger partial charge in [0.15, 0.2) is 5.60 Å². The number of esters is 1. The average Bonchev–Trinajstić information content (AvgIpc) is 3.90. The number of ether oxygens (including phenoxy) is 3. The Bertz CT molecular complexity index is 2930. The normalized spacial score (nSPS) is 16.5. The van der Waals surface area contributed by atoms with Crippen molar-refractivity contribution >= 4 is 64.0 Å². The summed E-state index contributed by atoms with van der Waals surface area (Å²) < 4.78 is 18.0. The molecule has 9 N–H and O–H groups in total. The van der Waals surface area contributed by atoms with E-state index in [1.807, 2.05) is 37.3 Å². The number of aliphatic imine (C=N–C) groups is 2. The molecule has 0 unspecified atom stereocenters. The van der Waals surface area contributed by atoms with Crippen molar-refractivity contribution in [2.75, 3.05) is 39.5 Å². The van der Waals surface area contributed by atoms with E-state index in [0.29, 0.717) is 48.3 Å². The number of unbranched alkanes of at least 4 members (excludes halogenated alkanes) is 2. The van der Waals surface area contributed by atoms with Crippen LogP contribution in [0.15, 0.2) is 81.5 Å². The summed E-state index contributed by atoms with van der Waals surface area (Å²) in [5, 5.41) is 28.4. The van der Waals surface area contributed by atoms with Crippen LogP contribution in [0.1, 0.15) is 73.8 Å². The second kappa shape index (κ2) is 23.2. The lowest BCUT2D eigenvalue weighted by Gasteiger charge is -2.31. The molecule has 0 spiro atoms. The number of hydrogen-bond acceptors (Lipinski definition) is 15. The zero-order chi connectivity index (χ0) is 51.5. The number of carbonyl (C=O) groups is 6. The summed E-state index contributed by atoms with van der Waals surface area (Å²) in [6.07, 6.45) is 5.28. The average molecular weight is 988 g/mol. The van der Waals surface area contributed by atoms with E-state index in [4.69, 9.17) is 36.1 Å². The molecule has 0 saturated heterocycles. The molecule has 0 aliphatic carbocycles. The maximum Gasteiger partial charge on any atom is 0.343 e. The largest absolute Gasteiger partial charge is 0.458 e. The number of aliphatic hydroxyl groups is 1. The first-order chi connectivity index (χ1) is 34.6. The third-order valence-electron chi connectivity index (χ3n) is 12.4. The molecule has 3 aliphatic rings. The third kappa shape index (κ3) is 12.1. The molecule has 4 aromatic rings. The number of nitrogens with one attached hydrogen (secondary N) is 4. The number of carbonyl (C=O) groups excluding carboxylic acids is 6. The Kier molecular flexibility index (Phi) is 16.7. The monoisotopic (exact) mass is 987 g/mol. The van der Waals surface area contributed by atoms with Crippen LogP contribution in [0.5, 0.6) is 5.75 Å². The number of hydrogen-bond donors (Lipinski definition) is 7. The first kappa shape index (κ1) is 51.7. The molecule has 2 aromatic heterocycles. The van der Waals surface area contributed by atoms with Gasteiger partial charge in [-0.3, -0.25) is 49.1 Å². The van der Waals surface area contributed by atoms with E-state index < -0.39 is 36.0 Å². The van der Waals surface area contributed by atoms with Gasteiger partial charge in [0.2, 0.25) is 23.6 Å². The molecule has 5 heterocycles. The fourth-order valence-corrected chi connectivity index (χ4v) is 8.59. The van der Waals surface area contributed by atoms with Crippen molar-refractivity contribution in [3.05, 3.63) is 105 Å². The molecule has 0 radical (unpaired) electrons. The molecule has 0 fully saturated rings. The molecule has 5 amide bonds. The van der Waals surface area contributed by atoms with Gasteiger partial charge in [0.1, 0.15) is 50.5 Å². The quantitative estimate of drug-likeness (QED) is 0.0121. The summed E-state index contributed by atoms with van der Waals surface area (Å²) in [4.78, 5) is 102. The van der Waals surface area contributed by atoms with Crippen LogP contribution in [0, 0.1) is 5.41 Å².